The summed E-state index contributed by atoms with van der Waals surface area (Å²) < 4.78 is 6.56. The standard InChI is InChI=1S/C14H19BrN2OS/c1-9-5-6-17(8-13(9)18-2)12-4-3-10(15)7-11(12)14(16)19/h3-4,7,9,13H,5-6,8H2,1-2H3,(H2,16,19). The van der Waals surface area contributed by atoms with Crippen molar-refractivity contribution in [3.63, 3.8) is 0 Å². The maximum atomic E-state index is 5.84. The SMILES string of the molecule is COC1CN(c2ccc(Br)cc2C(N)=S)CCC1C. The molecule has 2 rings (SSSR count). The first kappa shape index (κ1) is 14.8. The Bertz CT molecular complexity index is 481. The van der Waals surface area contributed by atoms with Gasteiger partial charge >= 0.3 is 0 Å². The molecule has 0 saturated carbocycles. The molecule has 1 heterocycles. The van der Waals surface area contributed by atoms with E-state index in [0.717, 1.165) is 35.2 Å². The second-order valence-corrected chi connectivity index (χ2v) is 6.37. The number of methoxy groups -OCH3 is 1. The Morgan fingerprint density at radius 1 is 1.53 bits per heavy atom. The highest BCUT2D eigenvalue weighted by molar-refractivity contribution is 9.10. The Morgan fingerprint density at radius 3 is 2.89 bits per heavy atom. The van der Waals surface area contributed by atoms with E-state index in [1.54, 1.807) is 7.11 Å². The lowest BCUT2D eigenvalue weighted by Gasteiger charge is -2.38. The van der Waals surface area contributed by atoms with Gasteiger partial charge in [0.2, 0.25) is 0 Å². The highest BCUT2D eigenvalue weighted by Gasteiger charge is 2.27. The van der Waals surface area contributed by atoms with Gasteiger partial charge in [-0.05, 0) is 30.5 Å². The summed E-state index contributed by atoms with van der Waals surface area (Å²) in [5.41, 5.74) is 7.86. The molecule has 1 aliphatic rings. The fourth-order valence-corrected chi connectivity index (χ4v) is 3.07. The zero-order valence-electron chi connectivity index (χ0n) is 11.2. The van der Waals surface area contributed by atoms with Gasteiger partial charge in [-0.3, -0.25) is 0 Å². The molecule has 1 fully saturated rings. The number of nitrogens with two attached hydrogens (primary N) is 1. The molecule has 2 atom stereocenters. The van der Waals surface area contributed by atoms with Crippen LogP contribution in [0.1, 0.15) is 18.9 Å². The largest absolute Gasteiger partial charge is 0.389 e. The van der Waals surface area contributed by atoms with Crippen LogP contribution in [0.3, 0.4) is 0 Å². The average Bonchev–Trinajstić information content (AvgIpc) is 2.39. The van der Waals surface area contributed by atoms with Crippen molar-refractivity contribution in [3.8, 4) is 0 Å². The lowest BCUT2D eigenvalue weighted by Crippen LogP contribution is -2.44. The summed E-state index contributed by atoms with van der Waals surface area (Å²) in [5.74, 6) is 0.588. The van der Waals surface area contributed by atoms with Gasteiger partial charge in [-0.1, -0.05) is 35.1 Å². The molecule has 1 saturated heterocycles. The first-order chi connectivity index (χ1) is 9.02. The van der Waals surface area contributed by atoms with E-state index in [4.69, 9.17) is 22.7 Å². The number of hydrogen-bond acceptors (Lipinski definition) is 3. The molecule has 0 bridgehead atoms. The summed E-state index contributed by atoms with van der Waals surface area (Å²) in [4.78, 5) is 2.75. The lowest BCUT2D eigenvalue weighted by atomic mass is 9.95. The van der Waals surface area contributed by atoms with Crippen LogP contribution in [0.4, 0.5) is 5.69 Å². The van der Waals surface area contributed by atoms with E-state index in [2.05, 4.69) is 33.8 Å². The zero-order valence-corrected chi connectivity index (χ0v) is 13.6. The molecule has 0 aliphatic carbocycles. The van der Waals surface area contributed by atoms with E-state index in [-0.39, 0.29) is 6.10 Å². The van der Waals surface area contributed by atoms with Gasteiger partial charge in [0.25, 0.3) is 0 Å². The minimum Gasteiger partial charge on any atom is -0.389 e. The quantitative estimate of drug-likeness (QED) is 0.857. The van der Waals surface area contributed by atoms with Crippen molar-refractivity contribution in [2.45, 2.75) is 19.4 Å². The van der Waals surface area contributed by atoms with Crippen molar-refractivity contribution < 1.29 is 4.74 Å². The predicted octanol–water partition coefficient (Wildman–Crippen LogP) is 2.94. The smallest absolute Gasteiger partial charge is 0.106 e. The first-order valence-corrected chi connectivity index (χ1v) is 7.60. The van der Waals surface area contributed by atoms with Crippen LogP contribution in [-0.4, -0.2) is 31.3 Å². The van der Waals surface area contributed by atoms with Crippen molar-refractivity contribution in [3.05, 3.63) is 28.2 Å². The van der Waals surface area contributed by atoms with E-state index < -0.39 is 0 Å². The Kier molecular flexibility index (Phi) is 4.81. The van der Waals surface area contributed by atoms with Gasteiger partial charge < -0.3 is 15.4 Å². The molecule has 104 valence electrons. The molecule has 2 N–H and O–H groups in total. The second kappa shape index (κ2) is 6.20. The highest BCUT2D eigenvalue weighted by Crippen LogP contribution is 2.29. The van der Waals surface area contributed by atoms with Crippen LogP contribution in [0.25, 0.3) is 0 Å². The van der Waals surface area contributed by atoms with Crippen LogP contribution >= 0.6 is 28.1 Å². The summed E-state index contributed by atoms with van der Waals surface area (Å²) >= 11 is 8.62. The number of benzene rings is 1. The number of piperidine rings is 1. The van der Waals surface area contributed by atoms with Gasteiger partial charge in [-0.15, -0.1) is 0 Å². The molecule has 1 aromatic rings. The summed E-state index contributed by atoms with van der Waals surface area (Å²) in [7, 11) is 1.78. The minimum atomic E-state index is 0.261. The number of rotatable bonds is 3. The third-order valence-electron chi connectivity index (χ3n) is 3.76. The van der Waals surface area contributed by atoms with Gasteiger partial charge in [0.1, 0.15) is 4.99 Å². The Balaban J connectivity index is 2.29. The molecule has 0 amide bonds. The van der Waals surface area contributed by atoms with Crippen LogP contribution < -0.4 is 10.6 Å². The Labute approximate surface area is 128 Å². The van der Waals surface area contributed by atoms with Crippen LogP contribution in [0.5, 0.6) is 0 Å². The van der Waals surface area contributed by atoms with Crippen molar-refractivity contribution in [2.24, 2.45) is 11.7 Å². The Morgan fingerprint density at radius 2 is 2.26 bits per heavy atom. The van der Waals surface area contributed by atoms with Gasteiger partial charge in [-0.25, -0.2) is 0 Å². The summed E-state index contributed by atoms with van der Waals surface area (Å²) in [6.07, 6.45) is 1.38. The fraction of sp³-hybridized carbons (Fsp3) is 0.500. The summed E-state index contributed by atoms with van der Waals surface area (Å²) in [6.45, 7) is 4.13. The second-order valence-electron chi connectivity index (χ2n) is 5.01. The predicted molar refractivity (Wildman–Crippen MR) is 86.8 cm³/mol. The van der Waals surface area contributed by atoms with Gasteiger partial charge in [0.05, 0.1) is 6.10 Å². The molecule has 1 aromatic carbocycles. The Hall–Kier alpha value is -0.650. The van der Waals surface area contributed by atoms with Crippen molar-refractivity contribution in [1.82, 2.24) is 0 Å². The summed E-state index contributed by atoms with van der Waals surface area (Å²) in [6, 6.07) is 6.08. The molecule has 5 heteroatoms. The van der Waals surface area contributed by atoms with Crippen molar-refractivity contribution >= 4 is 38.8 Å². The number of nitrogens with zero attached hydrogens (tertiary/aromatic N) is 1. The molecule has 1 aliphatic heterocycles. The maximum Gasteiger partial charge on any atom is 0.106 e. The number of ether oxygens (including phenoxy) is 1. The first-order valence-electron chi connectivity index (χ1n) is 6.40. The molecule has 0 aromatic heterocycles. The maximum absolute atomic E-state index is 5.84. The minimum absolute atomic E-state index is 0.261. The molecular formula is C14H19BrN2OS. The van der Waals surface area contributed by atoms with Crippen molar-refractivity contribution in [2.75, 3.05) is 25.1 Å². The third kappa shape index (κ3) is 3.27. The van der Waals surface area contributed by atoms with E-state index in [0.29, 0.717) is 10.9 Å². The molecule has 3 nitrogen and oxygen atoms in total. The molecular weight excluding hydrogens is 324 g/mol. The van der Waals surface area contributed by atoms with Crippen LogP contribution in [0.2, 0.25) is 0 Å². The fourth-order valence-electron chi connectivity index (χ4n) is 2.54. The molecule has 19 heavy (non-hydrogen) atoms. The van der Waals surface area contributed by atoms with E-state index in [1.165, 1.54) is 0 Å². The average molecular weight is 343 g/mol. The number of halogens is 1. The third-order valence-corrected chi connectivity index (χ3v) is 4.47. The van der Waals surface area contributed by atoms with E-state index in [1.807, 2.05) is 12.1 Å². The lowest BCUT2D eigenvalue weighted by molar-refractivity contribution is 0.0498. The van der Waals surface area contributed by atoms with Crippen molar-refractivity contribution in [1.29, 1.82) is 0 Å². The molecule has 2 unspecified atom stereocenters. The topological polar surface area (TPSA) is 38.5 Å². The number of hydrogen-bond donors (Lipinski definition) is 1. The zero-order chi connectivity index (χ0) is 14.0. The van der Waals surface area contributed by atoms with Gasteiger partial charge in [0.15, 0.2) is 0 Å². The molecule has 0 spiro atoms. The number of anilines is 1. The van der Waals surface area contributed by atoms with Gasteiger partial charge in [0, 0.05) is 35.9 Å². The number of thiocarbonyl (C=S) groups is 1. The van der Waals surface area contributed by atoms with E-state index in [9.17, 15) is 0 Å². The van der Waals surface area contributed by atoms with Gasteiger partial charge in [-0.2, -0.15) is 0 Å². The van der Waals surface area contributed by atoms with Crippen LogP contribution in [0.15, 0.2) is 22.7 Å². The summed E-state index contributed by atoms with van der Waals surface area (Å²) in [5, 5.41) is 0. The highest BCUT2D eigenvalue weighted by atomic mass is 79.9. The molecule has 0 radical (unpaired) electrons. The van der Waals surface area contributed by atoms with E-state index >= 15 is 0 Å². The normalized spacial score (nSPS) is 23.4. The monoisotopic (exact) mass is 342 g/mol. The van der Waals surface area contributed by atoms with Crippen LogP contribution in [0, 0.1) is 5.92 Å². The van der Waals surface area contributed by atoms with Crippen LogP contribution in [-0.2, 0) is 4.74 Å².